The van der Waals surface area contributed by atoms with Gasteiger partial charge in [-0.3, -0.25) is 4.79 Å². The molecule has 1 fully saturated rings. The smallest absolute Gasteiger partial charge is 0.243 e. The van der Waals surface area contributed by atoms with Crippen LogP contribution in [0.4, 0.5) is 0 Å². The van der Waals surface area contributed by atoms with E-state index < -0.39 is 0 Å². The van der Waals surface area contributed by atoms with E-state index in [1.54, 1.807) is 13.3 Å². The van der Waals surface area contributed by atoms with Gasteiger partial charge in [-0.25, -0.2) is 5.43 Å². The van der Waals surface area contributed by atoms with Crippen LogP contribution in [-0.4, -0.2) is 25.8 Å². The molecule has 0 saturated heterocycles. The SMILES string of the molecule is CCCOc1c(Br)cc(/C=N\NC(=O)C2CC2)cc1OC. The standard InChI is InChI=1S/C15H19BrN2O3/c1-3-6-21-14-12(16)7-10(8-13(14)20-2)9-17-18-15(19)11-4-5-11/h7-9,11H,3-6H2,1-2H3,(H,18,19)/b17-9-. The molecule has 0 radical (unpaired) electrons. The van der Waals surface area contributed by atoms with Crippen LogP contribution in [0.5, 0.6) is 11.5 Å². The van der Waals surface area contributed by atoms with Crippen LogP contribution >= 0.6 is 15.9 Å². The Balaban J connectivity index is 2.07. The first-order valence-corrected chi connectivity index (χ1v) is 7.78. The Morgan fingerprint density at radius 3 is 2.90 bits per heavy atom. The Bertz CT molecular complexity index is 542. The molecule has 1 aromatic rings. The van der Waals surface area contributed by atoms with Crippen molar-refractivity contribution in [3.63, 3.8) is 0 Å². The number of methoxy groups -OCH3 is 1. The van der Waals surface area contributed by atoms with Gasteiger partial charge in [0, 0.05) is 5.92 Å². The third-order valence-electron chi connectivity index (χ3n) is 3.04. The molecule has 1 aliphatic carbocycles. The highest BCUT2D eigenvalue weighted by Crippen LogP contribution is 2.36. The average Bonchev–Trinajstić information content (AvgIpc) is 3.30. The highest BCUT2D eigenvalue weighted by atomic mass is 79.9. The number of rotatable bonds is 7. The highest BCUT2D eigenvalue weighted by molar-refractivity contribution is 9.10. The Hall–Kier alpha value is -1.56. The molecule has 0 atom stereocenters. The van der Waals surface area contributed by atoms with E-state index in [-0.39, 0.29) is 11.8 Å². The van der Waals surface area contributed by atoms with Crippen LogP contribution in [0.2, 0.25) is 0 Å². The van der Waals surface area contributed by atoms with Gasteiger partial charge < -0.3 is 9.47 Å². The number of carbonyl (C=O) groups excluding carboxylic acids is 1. The van der Waals surface area contributed by atoms with Gasteiger partial charge in [0.05, 0.1) is 24.4 Å². The van der Waals surface area contributed by atoms with Crippen LogP contribution < -0.4 is 14.9 Å². The lowest BCUT2D eigenvalue weighted by Gasteiger charge is -2.12. The molecule has 2 rings (SSSR count). The predicted octanol–water partition coefficient (Wildman–Crippen LogP) is 3.11. The molecule has 0 bridgehead atoms. The van der Waals surface area contributed by atoms with Gasteiger partial charge in [0.1, 0.15) is 0 Å². The third kappa shape index (κ3) is 4.46. The molecule has 0 spiro atoms. The Labute approximate surface area is 132 Å². The fourth-order valence-corrected chi connectivity index (χ4v) is 2.34. The summed E-state index contributed by atoms with van der Waals surface area (Å²) in [5, 5.41) is 3.97. The minimum absolute atomic E-state index is 0.0137. The normalized spacial score (nSPS) is 14.2. The molecule has 5 nitrogen and oxygen atoms in total. The van der Waals surface area contributed by atoms with Gasteiger partial charge in [0.25, 0.3) is 0 Å². The molecule has 1 N–H and O–H groups in total. The quantitative estimate of drug-likeness (QED) is 0.604. The van der Waals surface area contributed by atoms with Crippen molar-refractivity contribution in [2.45, 2.75) is 26.2 Å². The average molecular weight is 355 g/mol. The van der Waals surface area contributed by atoms with Crippen molar-refractivity contribution in [1.29, 1.82) is 0 Å². The van der Waals surface area contributed by atoms with Gasteiger partial charge in [-0.15, -0.1) is 0 Å². The Morgan fingerprint density at radius 1 is 1.52 bits per heavy atom. The number of hydrazone groups is 1. The number of benzene rings is 1. The van der Waals surface area contributed by atoms with Crippen molar-refractivity contribution in [1.82, 2.24) is 5.43 Å². The summed E-state index contributed by atoms with van der Waals surface area (Å²) in [4.78, 5) is 11.5. The molecule has 21 heavy (non-hydrogen) atoms. The van der Waals surface area contributed by atoms with Gasteiger partial charge in [-0.05, 0) is 52.9 Å². The lowest BCUT2D eigenvalue weighted by atomic mass is 10.2. The number of hydrogen-bond acceptors (Lipinski definition) is 4. The van der Waals surface area contributed by atoms with Crippen LogP contribution in [0.15, 0.2) is 21.7 Å². The molecule has 0 aromatic heterocycles. The van der Waals surface area contributed by atoms with E-state index >= 15 is 0 Å². The zero-order valence-electron chi connectivity index (χ0n) is 12.2. The molecule has 1 aromatic carbocycles. The van der Waals surface area contributed by atoms with E-state index in [1.807, 2.05) is 19.1 Å². The zero-order valence-corrected chi connectivity index (χ0v) is 13.8. The largest absolute Gasteiger partial charge is 0.493 e. The minimum Gasteiger partial charge on any atom is -0.493 e. The second-order valence-electron chi connectivity index (χ2n) is 4.89. The van der Waals surface area contributed by atoms with Crippen LogP contribution in [0.3, 0.4) is 0 Å². The van der Waals surface area contributed by atoms with Gasteiger partial charge >= 0.3 is 0 Å². The first-order chi connectivity index (χ1) is 10.2. The summed E-state index contributed by atoms with van der Waals surface area (Å²) in [5.41, 5.74) is 3.36. The third-order valence-corrected chi connectivity index (χ3v) is 3.63. The van der Waals surface area contributed by atoms with Crippen LogP contribution in [0, 0.1) is 5.92 Å². The van der Waals surface area contributed by atoms with E-state index in [0.717, 1.165) is 29.3 Å². The Kier molecular flexibility index (Phi) is 5.61. The van der Waals surface area contributed by atoms with Crippen molar-refractivity contribution in [2.75, 3.05) is 13.7 Å². The summed E-state index contributed by atoms with van der Waals surface area (Å²) in [7, 11) is 1.59. The molecule has 1 amide bonds. The van der Waals surface area contributed by atoms with E-state index in [9.17, 15) is 4.79 Å². The first kappa shape index (κ1) is 15.8. The minimum atomic E-state index is -0.0137. The van der Waals surface area contributed by atoms with Gasteiger partial charge in [-0.1, -0.05) is 6.92 Å². The molecule has 1 saturated carbocycles. The number of carbonyl (C=O) groups is 1. The van der Waals surface area contributed by atoms with E-state index in [1.165, 1.54) is 0 Å². The van der Waals surface area contributed by atoms with Crippen molar-refractivity contribution in [3.05, 3.63) is 22.2 Å². The number of nitrogens with zero attached hydrogens (tertiary/aromatic N) is 1. The number of ether oxygens (including phenoxy) is 2. The lowest BCUT2D eigenvalue weighted by Crippen LogP contribution is -2.18. The van der Waals surface area contributed by atoms with E-state index in [2.05, 4.69) is 26.5 Å². The molecular formula is C15H19BrN2O3. The summed E-state index contributed by atoms with van der Waals surface area (Å²) < 4.78 is 11.8. The summed E-state index contributed by atoms with van der Waals surface area (Å²) in [6.07, 6.45) is 4.44. The maximum absolute atomic E-state index is 11.5. The maximum atomic E-state index is 11.5. The summed E-state index contributed by atoms with van der Waals surface area (Å²) in [5.74, 6) is 1.44. The highest BCUT2D eigenvalue weighted by Gasteiger charge is 2.29. The molecule has 114 valence electrons. The summed E-state index contributed by atoms with van der Waals surface area (Å²) in [6, 6.07) is 3.70. The van der Waals surface area contributed by atoms with Crippen LogP contribution in [0.25, 0.3) is 0 Å². The summed E-state index contributed by atoms with van der Waals surface area (Å²) in [6.45, 7) is 2.67. The molecule has 6 heteroatoms. The first-order valence-electron chi connectivity index (χ1n) is 6.99. The fourth-order valence-electron chi connectivity index (χ4n) is 1.77. The number of nitrogens with one attached hydrogen (secondary N) is 1. The number of amides is 1. The van der Waals surface area contributed by atoms with Crippen molar-refractivity contribution in [3.8, 4) is 11.5 Å². The van der Waals surface area contributed by atoms with Crippen LogP contribution in [-0.2, 0) is 4.79 Å². The zero-order chi connectivity index (χ0) is 15.2. The lowest BCUT2D eigenvalue weighted by molar-refractivity contribution is -0.122. The monoisotopic (exact) mass is 354 g/mol. The fraction of sp³-hybridized carbons (Fsp3) is 0.467. The van der Waals surface area contributed by atoms with Crippen molar-refractivity contribution >= 4 is 28.1 Å². The van der Waals surface area contributed by atoms with Gasteiger partial charge in [-0.2, -0.15) is 5.10 Å². The van der Waals surface area contributed by atoms with Crippen molar-refractivity contribution < 1.29 is 14.3 Å². The molecule has 0 heterocycles. The molecule has 0 aliphatic heterocycles. The summed E-state index contributed by atoms with van der Waals surface area (Å²) >= 11 is 3.47. The molecular weight excluding hydrogens is 336 g/mol. The molecule has 1 aliphatic rings. The number of hydrogen-bond donors (Lipinski definition) is 1. The topological polar surface area (TPSA) is 59.9 Å². The van der Waals surface area contributed by atoms with Gasteiger partial charge in [0.2, 0.25) is 5.91 Å². The van der Waals surface area contributed by atoms with E-state index in [4.69, 9.17) is 9.47 Å². The van der Waals surface area contributed by atoms with Crippen LogP contribution in [0.1, 0.15) is 31.7 Å². The van der Waals surface area contributed by atoms with Crippen molar-refractivity contribution in [2.24, 2.45) is 11.0 Å². The van der Waals surface area contributed by atoms with Gasteiger partial charge in [0.15, 0.2) is 11.5 Å². The Morgan fingerprint density at radius 2 is 2.29 bits per heavy atom. The maximum Gasteiger partial charge on any atom is 0.243 e. The molecule has 0 unspecified atom stereocenters. The number of halogens is 1. The predicted molar refractivity (Wildman–Crippen MR) is 84.9 cm³/mol. The second kappa shape index (κ2) is 7.45. The second-order valence-corrected chi connectivity index (χ2v) is 5.75. The van der Waals surface area contributed by atoms with E-state index in [0.29, 0.717) is 18.1 Å².